The zero-order chi connectivity index (χ0) is 13.5. The summed E-state index contributed by atoms with van der Waals surface area (Å²) in [6, 6.07) is 2.74. The number of carboxylic acid groups (broad SMARTS) is 1. The number of hydrogen-bond donors (Lipinski definition) is 1. The van der Waals surface area contributed by atoms with Crippen LogP contribution in [0.5, 0.6) is 0 Å². The van der Waals surface area contributed by atoms with Crippen molar-refractivity contribution in [3.05, 3.63) is 28.4 Å². The van der Waals surface area contributed by atoms with Crippen LogP contribution in [0.25, 0.3) is 0 Å². The number of nitro groups is 1. The molecule has 0 radical (unpaired) electrons. The smallest absolute Gasteiger partial charge is 0.305 e. The Labute approximate surface area is 103 Å². The Morgan fingerprint density at radius 2 is 2.33 bits per heavy atom. The molecule has 0 atom stereocenters. The third-order valence-electron chi connectivity index (χ3n) is 2.14. The van der Waals surface area contributed by atoms with E-state index in [2.05, 4.69) is 10.9 Å². The number of carboxylic acids is 1. The summed E-state index contributed by atoms with van der Waals surface area (Å²) in [5.74, 6) is 1.86. The van der Waals surface area contributed by atoms with Crippen LogP contribution in [0.15, 0.2) is 18.3 Å². The molecule has 0 unspecified atom stereocenters. The molecule has 1 aromatic heterocycles. The molecule has 0 aliphatic carbocycles. The summed E-state index contributed by atoms with van der Waals surface area (Å²) >= 11 is 0. The van der Waals surface area contributed by atoms with E-state index in [0.29, 0.717) is 5.82 Å². The SMILES string of the molecule is C#CCN(CCC(=O)O)c1ccc([N+](=O)[O-])cn1. The summed E-state index contributed by atoms with van der Waals surface area (Å²) in [5, 5.41) is 19.1. The Bertz CT molecular complexity index is 478. The molecule has 0 fully saturated rings. The predicted octanol–water partition coefficient (Wildman–Crippen LogP) is 0.904. The van der Waals surface area contributed by atoms with E-state index >= 15 is 0 Å². The fourth-order valence-electron chi connectivity index (χ4n) is 1.29. The fourth-order valence-corrected chi connectivity index (χ4v) is 1.29. The highest BCUT2D eigenvalue weighted by Gasteiger charge is 2.11. The van der Waals surface area contributed by atoms with Crippen molar-refractivity contribution in [2.45, 2.75) is 6.42 Å². The van der Waals surface area contributed by atoms with Gasteiger partial charge in [0.05, 0.1) is 17.9 Å². The van der Waals surface area contributed by atoms with Crippen molar-refractivity contribution in [2.75, 3.05) is 18.0 Å². The molecule has 0 aromatic carbocycles. The maximum atomic E-state index is 10.5. The number of aromatic nitrogens is 1. The Hall–Kier alpha value is -2.62. The molecule has 94 valence electrons. The minimum absolute atomic E-state index is 0.0830. The molecule has 1 aromatic rings. The normalized spacial score (nSPS) is 9.50. The third kappa shape index (κ3) is 3.75. The van der Waals surface area contributed by atoms with Gasteiger partial charge in [-0.25, -0.2) is 4.98 Å². The zero-order valence-electron chi connectivity index (χ0n) is 9.44. The van der Waals surface area contributed by atoms with Crippen LogP contribution >= 0.6 is 0 Å². The zero-order valence-corrected chi connectivity index (χ0v) is 9.44. The van der Waals surface area contributed by atoms with Crippen LogP contribution in [0, 0.1) is 22.5 Å². The second kappa shape index (κ2) is 6.20. The van der Waals surface area contributed by atoms with E-state index in [1.165, 1.54) is 12.1 Å². The lowest BCUT2D eigenvalue weighted by Crippen LogP contribution is -2.27. The van der Waals surface area contributed by atoms with Gasteiger partial charge in [-0.1, -0.05) is 5.92 Å². The maximum Gasteiger partial charge on any atom is 0.305 e. The van der Waals surface area contributed by atoms with Gasteiger partial charge in [-0.05, 0) is 6.07 Å². The number of anilines is 1. The molecular weight excluding hydrogens is 238 g/mol. The molecular formula is C11H11N3O4. The van der Waals surface area contributed by atoms with Crippen molar-refractivity contribution in [1.29, 1.82) is 0 Å². The number of terminal acetylenes is 1. The Balaban J connectivity index is 2.82. The summed E-state index contributed by atoms with van der Waals surface area (Å²) in [6.45, 7) is 0.391. The van der Waals surface area contributed by atoms with Gasteiger partial charge >= 0.3 is 5.97 Å². The monoisotopic (exact) mass is 249 g/mol. The first-order valence-corrected chi connectivity index (χ1v) is 5.05. The third-order valence-corrected chi connectivity index (χ3v) is 2.14. The first kappa shape index (κ1) is 13.4. The summed E-state index contributed by atoms with van der Waals surface area (Å²) in [7, 11) is 0. The van der Waals surface area contributed by atoms with E-state index in [-0.39, 0.29) is 25.2 Å². The quantitative estimate of drug-likeness (QED) is 0.457. The van der Waals surface area contributed by atoms with Crippen molar-refractivity contribution < 1.29 is 14.8 Å². The Morgan fingerprint density at radius 1 is 1.61 bits per heavy atom. The summed E-state index contributed by atoms with van der Waals surface area (Å²) in [6.07, 6.45) is 6.20. The van der Waals surface area contributed by atoms with Gasteiger partial charge in [0, 0.05) is 12.6 Å². The largest absolute Gasteiger partial charge is 0.481 e. The highest BCUT2D eigenvalue weighted by atomic mass is 16.6. The topological polar surface area (TPSA) is 96.6 Å². The lowest BCUT2D eigenvalue weighted by atomic mass is 10.3. The highest BCUT2D eigenvalue weighted by molar-refractivity contribution is 5.67. The standard InChI is InChI=1S/C11H11N3O4/c1-2-6-13(7-5-11(15)16)10-4-3-9(8-12-10)14(17)18/h1,3-4,8H,5-7H2,(H,15,16). The summed E-state index contributed by atoms with van der Waals surface area (Å²) < 4.78 is 0. The van der Waals surface area contributed by atoms with Crippen LogP contribution in [0.4, 0.5) is 11.5 Å². The van der Waals surface area contributed by atoms with Gasteiger partial charge in [-0.2, -0.15) is 0 Å². The van der Waals surface area contributed by atoms with Gasteiger partial charge in [0.25, 0.3) is 5.69 Å². The highest BCUT2D eigenvalue weighted by Crippen LogP contribution is 2.15. The molecule has 1 rings (SSSR count). The van der Waals surface area contributed by atoms with Crippen LogP contribution < -0.4 is 4.90 Å². The van der Waals surface area contributed by atoms with Crippen LogP contribution in [-0.2, 0) is 4.79 Å². The van der Waals surface area contributed by atoms with Gasteiger partial charge in [0.15, 0.2) is 0 Å². The van der Waals surface area contributed by atoms with E-state index in [4.69, 9.17) is 11.5 Å². The second-order valence-corrected chi connectivity index (χ2v) is 3.40. The second-order valence-electron chi connectivity index (χ2n) is 3.40. The van der Waals surface area contributed by atoms with Crippen molar-refractivity contribution in [2.24, 2.45) is 0 Å². The summed E-state index contributed by atoms with van der Waals surface area (Å²) in [4.78, 5) is 25.9. The van der Waals surface area contributed by atoms with E-state index in [1.54, 1.807) is 4.90 Å². The minimum Gasteiger partial charge on any atom is -0.481 e. The number of pyridine rings is 1. The lowest BCUT2D eigenvalue weighted by molar-refractivity contribution is -0.385. The average molecular weight is 249 g/mol. The molecule has 1 N–H and O–H groups in total. The Morgan fingerprint density at radius 3 is 2.78 bits per heavy atom. The van der Waals surface area contributed by atoms with Gasteiger partial charge in [0.1, 0.15) is 12.0 Å². The van der Waals surface area contributed by atoms with Crippen molar-refractivity contribution in [1.82, 2.24) is 4.98 Å². The van der Waals surface area contributed by atoms with Gasteiger partial charge < -0.3 is 10.0 Å². The number of carbonyl (C=O) groups is 1. The Kier molecular flexibility index (Phi) is 4.63. The molecule has 1 heterocycles. The van der Waals surface area contributed by atoms with Crippen molar-refractivity contribution in [3.8, 4) is 12.3 Å². The first-order valence-electron chi connectivity index (χ1n) is 5.05. The lowest BCUT2D eigenvalue weighted by Gasteiger charge is -2.19. The van der Waals surface area contributed by atoms with Gasteiger partial charge in [0.2, 0.25) is 0 Å². The van der Waals surface area contributed by atoms with E-state index in [9.17, 15) is 14.9 Å². The molecule has 18 heavy (non-hydrogen) atoms. The fraction of sp³-hybridized carbons (Fsp3) is 0.273. The molecule has 0 aliphatic rings. The number of hydrogen-bond acceptors (Lipinski definition) is 5. The van der Waals surface area contributed by atoms with Crippen molar-refractivity contribution >= 4 is 17.5 Å². The predicted molar refractivity (Wildman–Crippen MR) is 64.2 cm³/mol. The molecule has 0 spiro atoms. The van der Waals surface area contributed by atoms with E-state index < -0.39 is 10.9 Å². The minimum atomic E-state index is -0.945. The number of aliphatic carboxylic acids is 1. The van der Waals surface area contributed by atoms with Crippen LogP contribution in [0.2, 0.25) is 0 Å². The molecule has 7 nitrogen and oxygen atoms in total. The van der Waals surface area contributed by atoms with Crippen molar-refractivity contribution in [3.63, 3.8) is 0 Å². The molecule has 0 saturated heterocycles. The molecule has 0 saturated carbocycles. The van der Waals surface area contributed by atoms with Crippen LogP contribution in [-0.4, -0.2) is 34.1 Å². The van der Waals surface area contributed by atoms with Crippen LogP contribution in [0.3, 0.4) is 0 Å². The molecule has 0 bridgehead atoms. The van der Waals surface area contributed by atoms with E-state index in [0.717, 1.165) is 6.20 Å². The molecule has 0 aliphatic heterocycles. The molecule has 7 heteroatoms. The number of rotatable bonds is 6. The first-order chi connectivity index (χ1) is 8.54. The van der Waals surface area contributed by atoms with Gasteiger partial charge in [-0.15, -0.1) is 6.42 Å². The van der Waals surface area contributed by atoms with E-state index in [1.807, 2.05) is 0 Å². The average Bonchev–Trinajstić information content (AvgIpc) is 2.34. The maximum absolute atomic E-state index is 10.5. The van der Waals surface area contributed by atoms with Gasteiger partial charge in [-0.3, -0.25) is 14.9 Å². The summed E-state index contributed by atoms with van der Waals surface area (Å²) in [5.41, 5.74) is -0.127. The molecule has 0 amide bonds. The van der Waals surface area contributed by atoms with Crippen LogP contribution in [0.1, 0.15) is 6.42 Å². The number of nitrogens with zero attached hydrogens (tertiary/aromatic N) is 3.